The zero-order valence-corrected chi connectivity index (χ0v) is 9.96. The minimum atomic E-state index is -0.0311. The molecule has 0 aromatic carbocycles. The lowest BCUT2D eigenvalue weighted by Gasteiger charge is -2.26. The molecule has 3 nitrogen and oxygen atoms in total. The molecule has 1 aliphatic rings. The van der Waals surface area contributed by atoms with Crippen LogP contribution in [0.3, 0.4) is 0 Å². The van der Waals surface area contributed by atoms with Crippen LogP contribution in [0.15, 0.2) is 0 Å². The van der Waals surface area contributed by atoms with E-state index < -0.39 is 0 Å². The Morgan fingerprint density at radius 1 is 1.40 bits per heavy atom. The van der Waals surface area contributed by atoms with Crippen LogP contribution in [-0.4, -0.2) is 18.5 Å². The Bertz CT molecular complexity index is 196. The summed E-state index contributed by atoms with van der Waals surface area (Å²) in [4.78, 5) is 11.4. The van der Waals surface area contributed by atoms with Gasteiger partial charge in [0, 0.05) is 19.0 Å². The largest absolute Gasteiger partial charge is 0.356 e. The predicted octanol–water partition coefficient (Wildman–Crippen LogP) is 1.67. The van der Waals surface area contributed by atoms with Crippen molar-refractivity contribution in [3.8, 4) is 0 Å². The second-order valence-corrected chi connectivity index (χ2v) is 5.11. The van der Waals surface area contributed by atoms with Gasteiger partial charge in [-0.05, 0) is 31.6 Å². The molecule has 3 heteroatoms. The molecule has 0 bridgehead atoms. The van der Waals surface area contributed by atoms with Crippen molar-refractivity contribution in [2.45, 2.75) is 52.0 Å². The number of hydrogen-bond acceptors (Lipinski definition) is 2. The summed E-state index contributed by atoms with van der Waals surface area (Å²) in [6.07, 6.45) is 5.60. The van der Waals surface area contributed by atoms with Gasteiger partial charge < -0.3 is 11.1 Å². The van der Waals surface area contributed by atoms with Gasteiger partial charge >= 0.3 is 0 Å². The highest BCUT2D eigenvalue weighted by molar-refractivity contribution is 5.76. The maximum absolute atomic E-state index is 11.4. The summed E-state index contributed by atoms with van der Waals surface area (Å²) in [5.41, 5.74) is 5.56. The molecule has 0 heterocycles. The average molecular weight is 212 g/mol. The van der Waals surface area contributed by atoms with E-state index in [9.17, 15) is 4.79 Å². The summed E-state index contributed by atoms with van der Waals surface area (Å²) in [5, 5.41) is 2.98. The zero-order valence-electron chi connectivity index (χ0n) is 9.96. The second kappa shape index (κ2) is 6.11. The van der Waals surface area contributed by atoms with Gasteiger partial charge in [-0.2, -0.15) is 0 Å². The molecule has 0 spiro atoms. The lowest BCUT2D eigenvalue weighted by molar-refractivity contribution is -0.121. The number of carbonyl (C=O) groups is 1. The van der Waals surface area contributed by atoms with Crippen LogP contribution in [-0.2, 0) is 4.79 Å². The lowest BCUT2D eigenvalue weighted by atomic mass is 9.83. The number of nitrogens with two attached hydrogens (primary N) is 1. The van der Waals surface area contributed by atoms with Gasteiger partial charge in [-0.1, -0.05) is 19.8 Å². The van der Waals surface area contributed by atoms with Crippen LogP contribution in [0.4, 0.5) is 0 Å². The SMILES string of the molecule is CC(N)CC(=O)NCC1CCC(C)CC1. The summed E-state index contributed by atoms with van der Waals surface area (Å²) < 4.78 is 0. The Hall–Kier alpha value is -0.570. The fraction of sp³-hybridized carbons (Fsp3) is 0.917. The predicted molar refractivity (Wildman–Crippen MR) is 62.4 cm³/mol. The van der Waals surface area contributed by atoms with E-state index in [1.165, 1.54) is 25.7 Å². The molecule has 1 atom stereocenters. The molecule has 1 amide bonds. The van der Waals surface area contributed by atoms with E-state index in [4.69, 9.17) is 5.73 Å². The number of nitrogens with one attached hydrogen (secondary N) is 1. The van der Waals surface area contributed by atoms with Crippen molar-refractivity contribution in [3.63, 3.8) is 0 Å². The maximum atomic E-state index is 11.4. The Labute approximate surface area is 92.8 Å². The van der Waals surface area contributed by atoms with Crippen LogP contribution in [0.2, 0.25) is 0 Å². The number of amides is 1. The first-order valence-corrected chi connectivity index (χ1v) is 6.10. The summed E-state index contributed by atoms with van der Waals surface area (Å²) >= 11 is 0. The molecule has 1 fully saturated rings. The first kappa shape index (κ1) is 12.5. The van der Waals surface area contributed by atoms with Gasteiger partial charge in [0.05, 0.1) is 0 Å². The first-order valence-electron chi connectivity index (χ1n) is 6.10. The van der Waals surface area contributed by atoms with Crippen molar-refractivity contribution in [3.05, 3.63) is 0 Å². The normalized spacial score (nSPS) is 28.5. The van der Waals surface area contributed by atoms with Gasteiger partial charge in [-0.3, -0.25) is 4.79 Å². The van der Waals surface area contributed by atoms with Crippen LogP contribution < -0.4 is 11.1 Å². The fourth-order valence-electron chi connectivity index (χ4n) is 2.16. The topological polar surface area (TPSA) is 55.1 Å². The molecular weight excluding hydrogens is 188 g/mol. The molecule has 1 aliphatic carbocycles. The lowest BCUT2D eigenvalue weighted by Crippen LogP contribution is -2.34. The molecule has 88 valence electrons. The van der Waals surface area contributed by atoms with Crippen molar-refractivity contribution in [1.82, 2.24) is 5.32 Å². The second-order valence-electron chi connectivity index (χ2n) is 5.11. The van der Waals surface area contributed by atoms with E-state index in [2.05, 4.69) is 12.2 Å². The summed E-state index contributed by atoms with van der Waals surface area (Å²) in [7, 11) is 0. The van der Waals surface area contributed by atoms with Crippen LogP contribution in [0, 0.1) is 11.8 Å². The third kappa shape index (κ3) is 5.17. The average Bonchev–Trinajstić information content (AvgIpc) is 2.16. The molecule has 1 saturated carbocycles. The molecule has 3 N–H and O–H groups in total. The highest BCUT2D eigenvalue weighted by Gasteiger charge is 2.18. The Morgan fingerprint density at radius 2 is 2.00 bits per heavy atom. The quantitative estimate of drug-likeness (QED) is 0.744. The third-order valence-corrected chi connectivity index (χ3v) is 3.23. The van der Waals surface area contributed by atoms with Crippen LogP contribution in [0.5, 0.6) is 0 Å². The molecule has 0 aromatic rings. The smallest absolute Gasteiger partial charge is 0.221 e. The highest BCUT2D eigenvalue weighted by Crippen LogP contribution is 2.27. The van der Waals surface area contributed by atoms with Gasteiger partial charge in [0.1, 0.15) is 0 Å². The Morgan fingerprint density at radius 3 is 2.53 bits per heavy atom. The van der Waals surface area contributed by atoms with Crippen LogP contribution in [0.25, 0.3) is 0 Å². The standard InChI is InChI=1S/C12H24N2O/c1-9-3-5-11(6-4-9)8-14-12(15)7-10(2)13/h9-11H,3-8,13H2,1-2H3,(H,14,15). The van der Waals surface area contributed by atoms with Gasteiger partial charge in [0.2, 0.25) is 5.91 Å². The van der Waals surface area contributed by atoms with Crippen LogP contribution >= 0.6 is 0 Å². The molecule has 0 radical (unpaired) electrons. The summed E-state index contributed by atoms with van der Waals surface area (Å²) in [6, 6.07) is -0.0311. The first-order chi connectivity index (χ1) is 7.08. The van der Waals surface area contributed by atoms with Gasteiger partial charge in [-0.25, -0.2) is 0 Å². The monoisotopic (exact) mass is 212 g/mol. The van der Waals surface area contributed by atoms with Crippen molar-refractivity contribution < 1.29 is 4.79 Å². The fourth-order valence-corrected chi connectivity index (χ4v) is 2.16. The van der Waals surface area contributed by atoms with E-state index in [0.29, 0.717) is 12.3 Å². The van der Waals surface area contributed by atoms with E-state index in [1.807, 2.05) is 6.92 Å². The van der Waals surface area contributed by atoms with E-state index in [0.717, 1.165) is 12.5 Å². The molecule has 0 aliphatic heterocycles. The number of rotatable bonds is 4. The summed E-state index contributed by atoms with van der Waals surface area (Å²) in [6.45, 7) is 5.02. The van der Waals surface area contributed by atoms with E-state index in [-0.39, 0.29) is 11.9 Å². The number of hydrogen-bond donors (Lipinski definition) is 2. The molecule has 0 aromatic heterocycles. The molecular formula is C12H24N2O. The van der Waals surface area contributed by atoms with Gasteiger partial charge in [0.25, 0.3) is 0 Å². The Kier molecular flexibility index (Phi) is 5.09. The molecule has 1 rings (SSSR count). The van der Waals surface area contributed by atoms with Gasteiger partial charge in [-0.15, -0.1) is 0 Å². The van der Waals surface area contributed by atoms with Crippen molar-refractivity contribution in [2.24, 2.45) is 17.6 Å². The van der Waals surface area contributed by atoms with Crippen molar-refractivity contribution >= 4 is 5.91 Å². The minimum absolute atomic E-state index is 0.0311. The molecule has 15 heavy (non-hydrogen) atoms. The van der Waals surface area contributed by atoms with Gasteiger partial charge in [0.15, 0.2) is 0 Å². The van der Waals surface area contributed by atoms with Crippen LogP contribution in [0.1, 0.15) is 46.0 Å². The van der Waals surface area contributed by atoms with E-state index in [1.54, 1.807) is 0 Å². The minimum Gasteiger partial charge on any atom is -0.356 e. The maximum Gasteiger partial charge on any atom is 0.221 e. The zero-order chi connectivity index (χ0) is 11.3. The van der Waals surface area contributed by atoms with Crippen molar-refractivity contribution in [1.29, 1.82) is 0 Å². The van der Waals surface area contributed by atoms with E-state index >= 15 is 0 Å². The third-order valence-electron chi connectivity index (χ3n) is 3.23. The highest BCUT2D eigenvalue weighted by atomic mass is 16.1. The number of carbonyl (C=O) groups excluding carboxylic acids is 1. The molecule has 0 saturated heterocycles. The molecule has 1 unspecified atom stereocenters. The Balaban J connectivity index is 2.12. The summed E-state index contributed by atoms with van der Waals surface area (Å²) in [5.74, 6) is 1.67. The van der Waals surface area contributed by atoms with Crippen molar-refractivity contribution in [2.75, 3.05) is 6.54 Å².